The van der Waals surface area contributed by atoms with E-state index in [1.165, 1.54) is 19.1 Å². The average molecular weight is 414 g/mol. The van der Waals surface area contributed by atoms with Gasteiger partial charge >= 0.3 is 12.1 Å². The van der Waals surface area contributed by atoms with Crippen molar-refractivity contribution < 1.29 is 31.6 Å². The highest BCUT2D eigenvalue weighted by Crippen LogP contribution is 2.33. The van der Waals surface area contributed by atoms with Crippen molar-refractivity contribution in [3.05, 3.63) is 29.9 Å². The van der Waals surface area contributed by atoms with E-state index < -0.39 is 29.5 Å². The Balaban J connectivity index is 1.75. The molecule has 0 spiro atoms. The number of aromatic nitrogens is 2. The minimum atomic E-state index is -5.07. The zero-order chi connectivity index (χ0) is 21.4. The Kier molecular flexibility index (Phi) is 5.33. The van der Waals surface area contributed by atoms with Gasteiger partial charge in [0.2, 0.25) is 11.7 Å². The zero-order valence-electron chi connectivity index (χ0n) is 15.6. The second-order valence-corrected chi connectivity index (χ2v) is 7.08. The minimum Gasteiger partial charge on any atom is -0.451 e. The van der Waals surface area contributed by atoms with E-state index in [2.05, 4.69) is 14.9 Å². The van der Waals surface area contributed by atoms with Crippen LogP contribution in [0, 0.1) is 11.2 Å². The molecule has 2 atom stereocenters. The van der Waals surface area contributed by atoms with Crippen LogP contribution >= 0.6 is 0 Å². The Morgan fingerprint density at radius 2 is 2.17 bits per heavy atom. The van der Waals surface area contributed by atoms with E-state index in [1.54, 1.807) is 17.9 Å². The minimum absolute atomic E-state index is 0.00316. The molecule has 3 rings (SSSR count). The smallest absolute Gasteiger partial charge is 0.451 e. The van der Waals surface area contributed by atoms with Gasteiger partial charge in [-0.3, -0.25) is 0 Å². The number of carbonyl (C=O) groups is 1. The van der Waals surface area contributed by atoms with E-state index in [4.69, 9.17) is 9.93 Å². The summed E-state index contributed by atoms with van der Waals surface area (Å²) in [5, 5.41) is 10.9. The summed E-state index contributed by atoms with van der Waals surface area (Å²) in [7, 11) is 0. The lowest BCUT2D eigenvalue weighted by atomic mass is 10.1. The van der Waals surface area contributed by atoms with Crippen molar-refractivity contribution in [2.45, 2.75) is 38.0 Å². The Hall–Kier alpha value is -2.98. The maximum atomic E-state index is 14.6. The molecular weight excluding hydrogens is 396 g/mol. The van der Waals surface area contributed by atoms with Gasteiger partial charge in [-0.05, 0) is 32.0 Å². The van der Waals surface area contributed by atoms with Crippen LogP contribution in [0.3, 0.4) is 0 Å². The van der Waals surface area contributed by atoms with Crippen LogP contribution in [0.1, 0.15) is 32.1 Å². The van der Waals surface area contributed by atoms with Crippen LogP contribution < -0.4 is 4.90 Å². The molecule has 2 heterocycles. The van der Waals surface area contributed by atoms with Crippen molar-refractivity contribution in [2.75, 3.05) is 18.0 Å². The molecule has 1 fully saturated rings. The molecule has 0 aliphatic carbocycles. The lowest BCUT2D eigenvalue weighted by Crippen LogP contribution is -2.40. The first-order valence-corrected chi connectivity index (χ1v) is 8.72. The standard InChI is InChI=1S/C18H18F4N4O3/c1-10(8-23)15-24-14(25-29-15)12-4-3-11(7-13(12)19)26-6-5-17(2,9-26)28-16(27)18(20,21)22/h3-4,7-8,10,23H,5-6,9H2,1-2H3/t10?,17-/m0/s1. The first-order valence-electron chi connectivity index (χ1n) is 8.72. The van der Waals surface area contributed by atoms with Crippen molar-refractivity contribution in [3.63, 3.8) is 0 Å². The summed E-state index contributed by atoms with van der Waals surface area (Å²) < 4.78 is 61.6. The topological polar surface area (TPSA) is 92.3 Å². The highest BCUT2D eigenvalue weighted by Gasteiger charge is 2.47. The molecule has 1 N–H and O–H groups in total. The number of hydrogen-bond acceptors (Lipinski definition) is 7. The Morgan fingerprint density at radius 1 is 1.45 bits per heavy atom. The van der Waals surface area contributed by atoms with Crippen LogP contribution in [-0.4, -0.2) is 47.2 Å². The van der Waals surface area contributed by atoms with Gasteiger partial charge in [0.25, 0.3) is 0 Å². The number of nitrogens with one attached hydrogen (secondary N) is 1. The Labute approximate surface area is 163 Å². The number of benzene rings is 1. The number of alkyl halides is 3. The molecule has 0 radical (unpaired) electrons. The second-order valence-electron chi connectivity index (χ2n) is 7.08. The third kappa shape index (κ3) is 4.38. The van der Waals surface area contributed by atoms with Gasteiger partial charge in [-0.1, -0.05) is 5.16 Å². The van der Waals surface area contributed by atoms with E-state index >= 15 is 0 Å². The number of nitrogens with zero attached hydrogens (tertiary/aromatic N) is 3. The van der Waals surface area contributed by atoms with E-state index in [1.807, 2.05) is 0 Å². The highest BCUT2D eigenvalue weighted by molar-refractivity contribution is 5.76. The van der Waals surface area contributed by atoms with Gasteiger partial charge in [0.1, 0.15) is 11.4 Å². The summed E-state index contributed by atoms with van der Waals surface area (Å²) in [5.41, 5.74) is -0.811. The number of ether oxygens (including phenoxy) is 1. The molecule has 0 saturated carbocycles. The van der Waals surface area contributed by atoms with Gasteiger partial charge in [-0.15, -0.1) is 0 Å². The summed E-state index contributed by atoms with van der Waals surface area (Å²) in [6, 6.07) is 4.22. The van der Waals surface area contributed by atoms with Crippen LogP contribution in [0.5, 0.6) is 0 Å². The van der Waals surface area contributed by atoms with Crippen molar-refractivity contribution >= 4 is 17.9 Å². The summed E-state index contributed by atoms with van der Waals surface area (Å²) in [6.45, 7) is 3.38. The summed E-state index contributed by atoms with van der Waals surface area (Å²) in [5.74, 6) is -3.07. The number of hydrogen-bond donors (Lipinski definition) is 1. The van der Waals surface area contributed by atoms with Gasteiger partial charge in [-0.25, -0.2) is 9.18 Å². The highest BCUT2D eigenvalue weighted by atomic mass is 19.4. The SMILES string of the molecule is CC(C=N)c1nc(-c2ccc(N3CC[C@](C)(OC(=O)C(F)(F)F)C3)cc2F)no1. The molecule has 1 saturated heterocycles. The molecule has 11 heteroatoms. The molecule has 0 amide bonds. The number of anilines is 1. The quantitative estimate of drug-likeness (QED) is 0.456. The van der Waals surface area contributed by atoms with Gasteiger partial charge in [0.05, 0.1) is 18.0 Å². The van der Waals surface area contributed by atoms with Crippen LogP contribution in [0.4, 0.5) is 23.2 Å². The maximum absolute atomic E-state index is 14.6. The average Bonchev–Trinajstić information content (AvgIpc) is 3.27. The number of halogens is 4. The molecule has 1 aromatic heterocycles. The fourth-order valence-electron chi connectivity index (χ4n) is 3.00. The van der Waals surface area contributed by atoms with E-state index in [9.17, 15) is 22.4 Å². The van der Waals surface area contributed by atoms with Crippen LogP contribution in [0.25, 0.3) is 11.4 Å². The zero-order valence-corrected chi connectivity index (χ0v) is 15.6. The monoisotopic (exact) mass is 414 g/mol. The van der Waals surface area contributed by atoms with E-state index in [0.717, 1.165) is 6.21 Å². The molecule has 1 aliphatic heterocycles. The number of carbonyl (C=O) groups excluding carboxylic acids is 1. The van der Waals surface area contributed by atoms with Crippen LogP contribution in [-0.2, 0) is 9.53 Å². The second kappa shape index (κ2) is 7.45. The Morgan fingerprint density at radius 3 is 2.79 bits per heavy atom. The number of rotatable bonds is 5. The first kappa shape index (κ1) is 20.7. The fraction of sp³-hybridized carbons (Fsp3) is 0.444. The van der Waals surface area contributed by atoms with Gasteiger partial charge in [0, 0.05) is 24.9 Å². The molecule has 1 aliphatic rings. The number of esters is 1. The molecule has 0 bridgehead atoms. The van der Waals surface area contributed by atoms with Crippen LogP contribution in [0.15, 0.2) is 22.7 Å². The maximum Gasteiger partial charge on any atom is 0.490 e. The van der Waals surface area contributed by atoms with Gasteiger partial charge < -0.3 is 19.6 Å². The molecule has 2 aromatic rings. The molecule has 7 nitrogen and oxygen atoms in total. The molecule has 1 aromatic carbocycles. The van der Waals surface area contributed by atoms with E-state index in [-0.39, 0.29) is 30.2 Å². The largest absolute Gasteiger partial charge is 0.490 e. The predicted molar refractivity (Wildman–Crippen MR) is 94.3 cm³/mol. The predicted octanol–water partition coefficient (Wildman–Crippen LogP) is 3.70. The third-order valence-corrected chi connectivity index (χ3v) is 4.65. The lowest BCUT2D eigenvalue weighted by Gasteiger charge is -2.26. The molecule has 156 valence electrons. The molecule has 1 unspecified atom stereocenters. The summed E-state index contributed by atoms with van der Waals surface area (Å²) in [6.07, 6.45) is -3.77. The van der Waals surface area contributed by atoms with Crippen molar-refractivity contribution in [3.8, 4) is 11.4 Å². The van der Waals surface area contributed by atoms with Crippen LogP contribution in [0.2, 0.25) is 0 Å². The van der Waals surface area contributed by atoms with Crippen molar-refractivity contribution in [1.82, 2.24) is 10.1 Å². The van der Waals surface area contributed by atoms with Gasteiger partial charge in [-0.2, -0.15) is 18.2 Å². The normalized spacial score (nSPS) is 20.6. The molecular formula is C18H18F4N4O3. The lowest BCUT2D eigenvalue weighted by molar-refractivity contribution is -0.211. The van der Waals surface area contributed by atoms with E-state index in [0.29, 0.717) is 12.2 Å². The van der Waals surface area contributed by atoms with Gasteiger partial charge in [0.15, 0.2) is 0 Å². The Bertz CT molecular complexity index is 930. The fourth-order valence-corrected chi connectivity index (χ4v) is 3.00. The first-order chi connectivity index (χ1) is 13.5. The summed E-state index contributed by atoms with van der Waals surface area (Å²) in [4.78, 5) is 16.8. The van der Waals surface area contributed by atoms with Crippen molar-refractivity contribution in [2.24, 2.45) is 0 Å². The summed E-state index contributed by atoms with van der Waals surface area (Å²) >= 11 is 0. The third-order valence-electron chi connectivity index (χ3n) is 4.65. The molecule has 29 heavy (non-hydrogen) atoms. The van der Waals surface area contributed by atoms with Crippen molar-refractivity contribution in [1.29, 1.82) is 5.41 Å².